The Morgan fingerprint density at radius 2 is 1.74 bits per heavy atom. The van der Waals surface area contributed by atoms with E-state index in [0.29, 0.717) is 14.9 Å². The van der Waals surface area contributed by atoms with E-state index < -0.39 is 35.1 Å². The standard InChI is InChI=1S/C31H28FIN4O6/c1-17-26-25(27(35(2)28(17)38)34-24-13-10-20(33)15-23(24)32)29(39)36(16-18-8-11-22(42-3)12-9-18)31(41)37(26)21-7-5-6-19(14-21)30(40)43-4/h5-15,17,27,34H,16H2,1-4H3. The molecule has 1 aliphatic heterocycles. The zero-order valence-corrected chi connectivity index (χ0v) is 25.9. The van der Waals surface area contributed by atoms with Gasteiger partial charge in [-0.2, -0.15) is 0 Å². The lowest BCUT2D eigenvalue weighted by molar-refractivity contribution is -0.134. The molecule has 5 rings (SSSR count). The molecule has 43 heavy (non-hydrogen) atoms. The zero-order chi connectivity index (χ0) is 31.0. The van der Waals surface area contributed by atoms with Gasteiger partial charge in [0.25, 0.3) is 5.56 Å². The van der Waals surface area contributed by atoms with Gasteiger partial charge >= 0.3 is 11.7 Å². The number of benzene rings is 3. The third-order valence-corrected chi connectivity index (χ3v) is 8.12. The highest BCUT2D eigenvalue weighted by molar-refractivity contribution is 14.1. The van der Waals surface area contributed by atoms with Gasteiger partial charge in [-0.1, -0.05) is 18.2 Å². The van der Waals surface area contributed by atoms with Gasteiger partial charge in [-0.25, -0.2) is 14.0 Å². The quantitative estimate of drug-likeness (QED) is 0.227. The summed E-state index contributed by atoms with van der Waals surface area (Å²) in [6.07, 6.45) is -1.11. The maximum absolute atomic E-state index is 15.0. The van der Waals surface area contributed by atoms with Crippen molar-refractivity contribution in [3.63, 3.8) is 0 Å². The van der Waals surface area contributed by atoms with Gasteiger partial charge in [-0.3, -0.25) is 18.7 Å². The second-order valence-corrected chi connectivity index (χ2v) is 11.3. The molecule has 0 radical (unpaired) electrons. The fraction of sp³-hybridized carbons (Fsp3) is 0.226. The average molecular weight is 698 g/mol. The van der Waals surface area contributed by atoms with Crippen LogP contribution in [-0.4, -0.2) is 47.2 Å². The van der Waals surface area contributed by atoms with E-state index >= 15 is 4.39 Å². The summed E-state index contributed by atoms with van der Waals surface area (Å²) in [5.41, 5.74) is 0.0787. The largest absolute Gasteiger partial charge is 0.497 e. The van der Waals surface area contributed by atoms with Gasteiger partial charge in [-0.15, -0.1) is 0 Å². The lowest BCUT2D eigenvalue weighted by Gasteiger charge is -2.39. The van der Waals surface area contributed by atoms with Crippen molar-refractivity contribution in [1.29, 1.82) is 0 Å². The van der Waals surface area contributed by atoms with Crippen molar-refractivity contribution in [2.45, 2.75) is 25.6 Å². The molecule has 12 heteroatoms. The second-order valence-electron chi connectivity index (χ2n) is 10.0. The maximum atomic E-state index is 15.0. The molecule has 0 saturated carbocycles. The summed E-state index contributed by atoms with van der Waals surface area (Å²) in [4.78, 5) is 55.8. The predicted octanol–water partition coefficient (Wildman–Crippen LogP) is 4.27. The van der Waals surface area contributed by atoms with E-state index in [0.717, 1.165) is 4.57 Å². The average Bonchev–Trinajstić information content (AvgIpc) is 3.01. The van der Waals surface area contributed by atoms with Gasteiger partial charge in [0.2, 0.25) is 5.91 Å². The van der Waals surface area contributed by atoms with Gasteiger partial charge in [-0.05, 0) is 83.6 Å². The Bertz CT molecular complexity index is 1850. The molecule has 1 aromatic heterocycles. The zero-order valence-electron chi connectivity index (χ0n) is 23.8. The number of halogens is 2. The van der Waals surface area contributed by atoms with Gasteiger partial charge in [0, 0.05) is 10.6 Å². The summed E-state index contributed by atoms with van der Waals surface area (Å²) in [5, 5.41) is 3.02. The number of hydrogen-bond donors (Lipinski definition) is 1. The fourth-order valence-electron chi connectivity index (χ4n) is 5.23. The number of nitrogens with zero attached hydrogens (tertiary/aromatic N) is 3. The molecule has 1 N–H and O–H groups in total. The normalized spacial score (nSPS) is 16.0. The van der Waals surface area contributed by atoms with Crippen LogP contribution in [0, 0.1) is 9.39 Å². The predicted molar refractivity (Wildman–Crippen MR) is 166 cm³/mol. The van der Waals surface area contributed by atoms with Crippen LogP contribution in [0.5, 0.6) is 5.75 Å². The molecule has 2 atom stereocenters. The van der Waals surface area contributed by atoms with Crippen molar-refractivity contribution < 1.29 is 23.5 Å². The summed E-state index contributed by atoms with van der Waals surface area (Å²) in [7, 11) is 4.30. The van der Waals surface area contributed by atoms with Gasteiger partial charge in [0.1, 0.15) is 17.7 Å². The third-order valence-electron chi connectivity index (χ3n) is 7.45. The highest BCUT2D eigenvalue weighted by atomic mass is 127. The van der Waals surface area contributed by atoms with Gasteiger partial charge in [0.15, 0.2) is 0 Å². The Kier molecular flexibility index (Phi) is 8.40. The van der Waals surface area contributed by atoms with Crippen LogP contribution in [0.25, 0.3) is 5.69 Å². The monoisotopic (exact) mass is 698 g/mol. The van der Waals surface area contributed by atoms with Gasteiger partial charge in [0.05, 0.1) is 54.9 Å². The minimum absolute atomic E-state index is 0.0807. The Balaban J connectivity index is 1.80. The number of amides is 1. The number of hydrogen-bond acceptors (Lipinski definition) is 7. The lowest BCUT2D eigenvalue weighted by atomic mass is 9.93. The molecular weight excluding hydrogens is 670 g/mol. The molecule has 0 spiro atoms. The number of ether oxygens (including phenoxy) is 2. The molecule has 2 heterocycles. The number of rotatable bonds is 7. The summed E-state index contributed by atoms with van der Waals surface area (Å²) >= 11 is 1.99. The van der Waals surface area contributed by atoms with E-state index in [9.17, 15) is 19.2 Å². The van der Waals surface area contributed by atoms with Crippen LogP contribution in [-0.2, 0) is 16.1 Å². The van der Waals surface area contributed by atoms with Crippen molar-refractivity contribution >= 4 is 40.2 Å². The van der Waals surface area contributed by atoms with Crippen LogP contribution in [0.1, 0.15) is 46.2 Å². The van der Waals surface area contributed by atoms with Crippen LogP contribution < -0.4 is 21.3 Å². The highest BCUT2D eigenvalue weighted by Gasteiger charge is 2.41. The molecule has 4 aromatic rings. The minimum atomic E-state index is -1.11. The Labute approximate surface area is 259 Å². The number of likely N-dealkylation sites (N-methyl/N-ethyl adjacent to an activating group) is 1. The lowest BCUT2D eigenvalue weighted by Crippen LogP contribution is -2.52. The first-order chi connectivity index (χ1) is 20.5. The number of anilines is 1. The molecule has 10 nitrogen and oxygen atoms in total. The Morgan fingerprint density at radius 3 is 2.40 bits per heavy atom. The first kappa shape index (κ1) is 30.0. The topological polar surface area (TPSA) is 112 Å². The van der Waals surface area contributed by atoms with Crippen LogP contribution in [0.4, 0.5) is 10.1 Å². The van der Waals surface area contributed by atoms with Crippen LogP contribution in [0.3, 0.4) is 0 Å². The Hall–Kier alpha value is -4.46. The number of methoxy groups -OCH3 is 2. The SMILES string of the molecule is COC(=O)c1cccc(-n2c3c(c(=O)n(Cc4ccc(OC)cc4)c2=O)C(Nc2ccc(I)cc2F)N(C)C(=O)C3C)c1. The van der Waals surface area contributed by atoms with Crippen LogP contribution in [0.2, 0.25) is 0 Å². The molecule has 3 aromatic carbocycles. The van der Waals surface area contributed by atoms with Crippen molar-refractivity contribution in [2.75, 3.05) is 26.6 Å². The Morgan fingerprint density at radius 1 is 1.02 bits per heavy atom. The van der Waals surface area contributed by atoms with E-state index in [2.05, 4.69) is 5.32 Å². The molecule has 0 fully saturated rings. The second kappa shape index (κ2) is 12.0. The number of aromatic nitrogens is 2. The summed E-state index contributed by atoms with van der Waals surface area (Å²) in [6, 6.07) is 17.6. The molecule has 2 unspecified atom stereocenters. The van der Waals surface area contributed by atoms with E-state index in [1.54, 1.807) is 49.4 Å². The van der Waals surface area contributed by atoms with Crippen molar-refractivity contribution in [3.05, 3.63) is 119 Å². The summed E-state index contributed by atoms with van der Waals surface area (Å²) < 4.78 is 28.1. The summed E-state index contributed by atoms with van der Waals surface area (Å²) in [6.45, 7) is 1.51. The van der Waals surface area contributed by atoms with Crippen LogP contribution >= 0.6 is 22.6 Å². The number of fused-ring (bicyclic) bond motifs is 1. The molecule has 0 saturated heterocycles. The number of carbonyl (C=O) groups excluding carboxylic acids is 2. The fourth-order valence-corrected chi connectivity index (χ4v) is 5.68. The smallest absolute Gasteiger partial charge is 0.337 e. The molecule has 0 bridgehead atoms. The molecule has 1 aliphatic rings. The third kappa shape index (κ3) is 5.54. The van der Waals surface area contributed by atoms with Crippen LogP contribution in [0.15, 0.2) is 76.3 Å². The minimum Gasteiger partial charge on any atom is -0.497 e. The molecule has 222 valence electrons. The van der Waals surface area contributed by atoms with Crippen molar-refractivity contribution in [1.82, 2.24) is 14.0 Å². The van der Waals surface area contributed by atoms with Crippen molar-refractivity contribution in [3.8, 4) is 11.4 Å². The van der Waals surface area contributed by atoms with E-state index in [4.69, 9.17) is 9.47 Å². The maximum Gasteiger partial charge on any atom is 0.337 e. The van der Waals surface area contributed by atoms with E-state index in [1.165, 1.54) is 55.0 Å². The number of nitrogens with one attached hydrogen (secondary N) is 1. The highest BCUT2D eigenvalue weighted by Crippen LogP contribution is 2.36. The number of carbonyl (C=O) groups is 2. The van der Waals surface area contributed by atoms with E-state index in [1.807, 2.05) is 22.6 Å². The summed E-state index contributed by atoms with van der Waals surface area (Å²) in [5.74, 6) is -1.88. The first-order valence-electron chi connectivity index (χ1n) is 13.2. The molecule has 0 aliphatic carbocycles. The van der Waals surface area contributed by atoms with Gasteiger partial charge < -0.3 is 19.7 Å². The van der Waals surface area contributed by atoms with E-state index in [-0.39, 0.29) is 40.6 Å². The first-order valence-corrected chi connectivity index (χ1v) is 14.3. The molecule has 1 amide bonds. The number of esters is 1. The molecular formula is C31H28FIN4O6. The van der Waals surface area contributed by atoms with Crippen molar-refractivity contribution in [2.24, 2.45) is 0 Å².